The van der Waals surface area contributed by atoms with Gasteiger partial charge in [0.2, 0.25) is 5.91 Å². The molecule has 1 saturated carbocycles. The van der Waals surface area contributed by atoms with Gasteiger partial charge in [-0.05, 0) is 112 Å². The molecule has 12 heteroatoms. The Morgan fingerprint density at radius 1 is 0.969 bits per heavy atom. The Kier molecular flexibility index (Phi) is 12.9. The Morgan fingerprint density at radius 3 is 2.42 bits per heavy atom. The number of amides is 1. The zero-order valence-electron chi connectivity index (χ0n) is 39.0. The van der Waals surface area contributed by atoms with Crippen molar-refractivity contribution in [2.75, 3.05) is 93.8 Å². The van der Waals surface area contributed by atoms with E-state index in [1.807, 2.05) is 25.8 Å². The maximum atomic E-state index is 15.1. The number of benzene rings is 3. The molecule has 3 saturated heterocycles. The number of rotatable bonds is 13. The lowest BCUT2D eigenvalue weighted by atomic mass is 9.94. The molecule has 1 amide bonds. The Morgan fingerprint density at radius 2 is 1.71 bits per heavy atom. The second kappa shape index (κ2) is 18.8. The number of phenols is 1. The summed E-state index contributed by atoms with van der Waals surface area (Å²) in [5, 5.41) is 12.8. The molecule has 0 radical (unpaired) electrons. The first-order valence-corrected chi connectivity index (χ1v) is 24.0. The fourth-order valence-corrected chi connectivity index (χ4v) is 10.5. The number of nitrogens with zero attached hydrogens (tertiary/aromatic N) is 8. The number of phenolic OH excluding ortho intramolecular Hbond substituents is 1. The second-order valence-electron chi connectivity index (χ2n) is 19.5. The van der Waals surface area contributed by atoms with E-state index < -0.39 is 5.82 Å². The lowest BCUT2D eigenvalue weighted by molar-refractivity contribution is -0.121. The van der Waals surface area contributed by atoms with Crippen LogP contribution < -0.4 is 19.4 Å². The Balaban J connectivity index is 0.835. The number of pyridine rings is 1. The first-order chi connectivity index (χ1) is 31.4. The number of aryl methyl sites for hydroxylation is 2. The summed E-state index contributed by atoms with van der Waals surface area (Å²) in [6, 6.07) is 13.1. The molecule has 0 spiro atoms. The molecule has 3 aromatic carbocycles. The van der Waals surface area contributed by atoms with Gasteiger partial charge in [0.15, 0.2) is 0 Å². The number of fused-ring (bicyclic) bond motifs is 2. The zero-order valence-corrected chi connectivity index (χ0v) is 39.0. The fraction of sp³-hybridized carbons (Fsp3) is 0.509. The van der Waals surface area contributed by atoms with E-state index in [-0.39, 0.29) is 28.6 Å². The average molecular weight is 881 g/mol. The van der Waals surface area contributed by atoms with Gasteiger partial charge in [-0.15, -0.1) is 6.42 Å². The van der Waals surface area contributed by atoms with E-state index in [2.05, 4.69) is 57.6 Å². The largest absolute Gasteiger partial charge is 0.508 e. The third-order valence-electron chi connectivity index (χ3n) is 14.9. The van der Waals surface area contributed by atoms with Crippen molar-refractivity contribution in [3.05, 3.63) is 71.2 Å². The fourth-order valence-electron chi connectivity index (χ4n) is 10.5. The van der Waals surface area contributed by atoms with E-state index in [4.69, 9.17) is 26.1 Å². The number of halogens is 1. The Hall–Kier alpha value is -5.51. The molecule has 1 N–H and O–H groups in total. The highest BCUT2D eigenvalue weighted by atomic mass is 19.1. The number of piperazine rings is 1. The van der Waals surface area contributed by atoms with Crippen molar-refractivity contribution < 1.29 is 19.0 Å². The first kappa shape index (κ1) is 44.7. The second-order valence-corrected chi connectivity index (χ2v) is 19.5. The van der Waals surface area contributed by atoms with E-state index in [1.165, 1.54) is 31.0 Å². The van der Waals surface area contributed by atoms with E-state index in [9.17, 15) is 9.90 Å². The number of hydrogen-bond donors (Lipinski definition) is 1. The molecule has 11 nitrogen and oxygen atoms in total. The van der Waals surface area contributed by atoms with Crippen LogP contribution >= 0.6 is 0 Å². The molecule has 5 aromatic rings. The predicted octanol–water partition coefficient (Wildman–Crippen LogP) is 8.98. The van der Waals surface area contributed by atoms with Crippen molar-refractivity contribution >= 4 is 44.8 Å². The molecule has 1 aliphatic carbocycles. The predicted molar refractivity (Wildman–Crippen MR) is 260 cm³/mol. The van der Waals surface area contributed by atoms with Crippen LogP contribution in [0.4, 0.5) is 21.6 Å². The summed E-state index contributed by atoms with van der Waals surface area (Å²) in [6.45, 7) is 19.0. The van der Waals surface area contributed by atoms with Gasteiger partial charge in [0.25, 0.3) is 0 Å². The molecule has 65 heavy (non-hydrogen) atoms. The third kappa shape index (κ3) is 9.32. The topological polar surface area (TPSA) is 101 Å². The summed E-state index contributed by atoms with van der Waals surface area (Å²) in [7, 11) is 1.91. The van der Waals surface area contributed by atoms with Crippen molar-refractivity contribution in [2.24, 2.45) is 17.3 Å². The third-order valence-corrected chi connectivity index (χ3v) is 14.9. The van der Waals surface area contributed by atoms with Crippen LogP contribution in [-0.4, -0.2) is 115 Å². The van der Waals surface area contributed by atoms with Crippen LogP contribution in [0.1, 0.15) is 81.9 Å². The average Bonchev–Trinajstić information content (AvgIpc) is 4.10. The maximum Gasteiger partial charge on any atom is 0.318 e. The van der Waals surface area contributed by atoms with Crippen LogP contribution in [0, 0.1) is 49.3 Å². The minimum absolute atomic E-state index is 0.0140. The number of piperidine rings is 2. The summed E-state index contributed by atoms with van der Waals surface area (Å²) >= 11 is 0. The van der Waals surface area contributed by atoms with Crippen molar-refractivity contribution in [1.29, 1.82) is 0 Å². The van der Waals surface area contributed by atoms with Crippen LogP contribution in [0.2, 0.25) is 0 Å². The van der Waals surface area contributed by atoms with Gasteiger partial charge in [0.1, 0.15) is 17.4 Å². The number of terminal acetylenes is 1. The molecule has 4 aliphatic rings. The number of hydrogen-bond acceptors (Lipinski definition) is 10. The normalized spacial score (nSPS) is 18.8. The minimum Gasteiger partial charge on any atom is -0.508 e. The minimum atomic E-state index is -0.492. The number of aromatic hydroxyl groups is 1. The maximum absolute atomic E-state index is 15.1. The van der Waals surface area contributed by atoms with E-state index in [0.29, 0.717) is 40.6 Å². The van der Waals surface area contributed by atoms with Gasteiger partial charge in [0, 0.05) is 118 Å². The Bertz CT molecular complexity index is 2600. The lowest BCUT2D eigenvalue weighted by Gasteiger charge is -2.40. The van der Waals surface area contributed by atoms with E-state index in [1.54, 1.807) is 24.4 Å². The number of aromatic nitrogens is 3. The molecule has 1 atom stereocenters. The van der Waals surface area contributed by atoms with Gasteiger partial charge in [-0.3, -0.25) is 9.78 Å². The molecule has 3 aliphatic heterocycles. The summed E-state index contributed by atoms with van der Waals surface area (Å²) in [6.07, 6.45) is 16.5. The SMILES string of the molecule is C#Cc1c(F)ccc2cc(O)cc(-c3ncc4c(N5CCCCC5)nc(OCC5(CN6CCN(CC7CCN(c8ccc(C)c(N(C)C(=O)C(C)CC)c8)CC7)CC6)CC5)nc4c3C)c12. The molecule has 9 rings (SSSR count). The smallest absolute Gasteiger partial charge is 0.318 e. The van der Waals surface area contributed by atoms with Crippen molar-refractivity contribution in [3.8, 4) is 35.4 Å². The van der Waals surface area contributed by atoms with Crippen molar-refractivity contribution in [1.82, 2.24) is 24.8 Å². The molecule has 5 heterocycles. The standard InChI is InChI=1S/C53H65FN8O3/c1-7-35(3)51(64)58(6)46-29-40(14-12-36(46)4)61-22-16-38(17-23-61)32-59-24-26-60(27-25-59)33-53(18-19-53)34-65-52-56-49-37(5)48(55-31-44(49)50(57-52)62-20-10-9-11-21-62)43-30-41(63)28-39-13-15-45(54)42(8-2)47(39)43/h2,12-15,28-31,35,38,63H,7,9-11,16-27,32-34H2,1,3-6H3. The van der Waals surface area contributed by atoms with Crippen molar-refractivity contribution in [2.45, 2.75) is 79.1 Å². The van der Waals surface area contributed by atoms with Crippen molar-refractivity contribution in [3.63, 3.8) is 0 Å². The van der Waals surface area contributed by atoms with Gasteiger partial charge in [0.05, 0.1) is 28.8 Å². The van der Waals surface area contributed by atoms with Gasteiger partial charge >= 0.3 is 6.01 Å². The highest BCUT2D eigenvalue weighted by molar-refractivity contribution is 6.04. The summed E-state index contributed by atoms with van der Waals surface area (Å²) < 4.78 is 21.7. The van der Waals surface area contributed by atoms with Crippen LogP contribution in [0.5, 0.6) is 11.8 Å². The molecule has 2 aromatic heterocycles. The Labute approximate surface area is 384 Å². The van der Waals surface area contributed by atoms with E-state index in [0.717, 1.165) is 131 Å². The number of anilines is 3. The number of ether oxygens (including phenoxy) is 1. The monoisotopic (exact) mass is 881 g/mol. The zero-order chi connectivity index (χ0) is 45.4. The molecule has 4 fully saturated rings. The molecular weight excluding hydrogens is 816 g/mol. The number of carbonyl (C=O) groups excluding carboxylic acids is 1. The summed E-state index contributed by atoms with van der Waals surface area (Å²) in [4.78, 5) is 40.0. The molecule has 1 unspecified atom stereocenters. The molecule has 342 valence electrons. The molecule has 0 bridgehead atoms. The van der Waals surface area contributed by atoms with Gasteiger partial charge in [-0.25, -0.2) is 4.39 Å². The summed E-state index contributed by atoms with van der Waals surface area (Å²) in [5.74, 6) is 3.80. The van der Waals surface area contributed by atoms with Crippen LogP contribution in [0.3, 0.4) is 0 Å². The number of carbonyl (C=O) groups is 1. The van der Waals surface area contributed by atoms with Crippen LogP contribution in [-0.2, 0) is 4.79 Å². The summed E-state index contributed by atoms with van der Waals surface area (Å²) in [5.41, 5.74) is 6.24. The molecular formula is C53H65FN8O3. The highest BCUT2D eigenvalue weighted by Gasteiger charge is 2.45. The van der Waals surface area contributed by atoms with Gasteiger partial charge < -0.3 is 34.3 Å². The first-order valence-electron chi connectivity index (χ1n) is 24.0. The van der Waals surface area contributed by atoms with Gasteiger partial charge in [-0.1, -0.05) is 31.9 Å². The lowest BCUT2D eigenvalue weighted by Crippen LogP contribution is -2.50. The van der Waals surface area contributed by atoms with Crippen LogP contribution in [0.15, 0.2) is 48.7 Å². The van der Waals surface area contributed by atoms with Crippen LogP contribution in [0.25, 0.3) is 32.9 Å². The quantitative estimate of drug-likeness (QED) is 0.115. The van der Waals surface area contributed by atoms with E-state index >= 15 is 4.39 Å². The van der Waals surface area contributed by atoms with Gasteiger partial charge in [-0.2, -0.15) is 9.97 Å². The highest BCUT2D eigenvalue weighted by Crippen LogP contribution is 2.47.